The SMILES string of the molecule is Cl.N[C@@H](CC1CC1)c1ccc(Cl)c(Cl)c1O. The van der Waals surface area contributed by atoms with Crippen LogP contribution in [0.2, 0.25) is 10.0 Å². The van der Waals surface area contributed by atoms with Gasteiger partial charge in [-0.25, -0.2) is 0 Å². The van der Waals surface area contributed by atoms with Crippen LogP contribution in [0.4, 0.5) is 0 Å². The molecule has 0 bridgehead atoms. The first kappa shape index (κ1) is 13.9. The van der Waals surface area contributed by atoms with Gasteiger partial charge in [0.05, 0.1) is 5.02 Å². The number of halogens is 3. The lowest BCUT2D eigenvalue weighted by Crippen LogP contribution is -2.11. The number of hydrogen-bond acceptors (Lipinski definition) is 2. The van der Waals surface area contributed by atoms with E-state index in [9.17, 15) is 5.11 Å². The molecule has 0 spiro atoms. The second kappa shape index (κ2) is 5.46. The van der Waals surface area contributed by atoms with Gasteiger partial charge in [0.25, 0.3) is 0 Å². The van der Waals surface area contributed by atoms with Crippen molar-refractivity contribution < 1.29 is 5.11 Å². The quantitative estimate of drug-likeness (QED) is 0.882. The molecule has 0 unspecified atom stereocenters. The summed E-state index contributed by atoms with van der Waals surface area (Å²) in [6.45, 7) is 0. The highest BCUT2D eigenvalue weighted by atomic mass is 35.5. The Hall–Kier alpha value is -0.150. The standard InChI is InChI=1S/C11H13Cl2NO.ClH/c12-8-4-3-7(11(15)10(8)13)9(14)5-6-1-2-6;/h3-4,6,9,15H,1-2,5,14H2;1H/t9-;/m0./s1. The van der Waals surface area contributed by atoms with Crippen LogP contribution in [0.5, 0.6) is 5.75 Å². The molecular weight excluding hydrogens is 268 g/mol. The summed E-state index contributed by atoms with van der Waals surface area (Å²) in [5, 5.41) is 10.3. The van der Waals surface area contributed by atoms with Crippen molar-refractivity contribution in [2.75, 3.05) is 0 Å². The highest BCUT2D eigenvalue weighted by Crippen LogP contribution is 2.41. The minimum atomic E-state index is -0.146. The molecule has 90 valence electrons. The molecule has 1 aromatic carbocycles. The van der Waals surface area contributed by atoms with Gasteiger partial charge in [-0.2, -0.15) is 0 Å². The molecule has 1 aromatic rings. The Morgan fingerprint density at radius 3 is 2.56 bits per heavy atom. The lowest BCUT2D eigenvalue weighted by Gasteiger charge is -2.14. The van der Waals surface area contributed by atoms with Crippen LogP contribution in [-0.2, 0) is 0 Å². The van der Waals surface area contributed by atoms with Gasteiger partial charge >= 0.3 is 0 Å². The van der Waals surface area contributed by atoms with E-state index in [1.54, 1.807) is 12.1 Å². The molecule has 2 nitrogen and oxygen atoms in total. The molecule has 5 heteroatoms. The molecule has 1 fully saturated rings. The van der Waals surface area contributed by atoms with Gasteiger partial charge in [-0.05, 0) is 18.4 Å². The topological polar surface area (TPSA) is 46.2 Å². The minimum absolute atomic E-state index is 0. The average Bonchev–Trinajstić information content (AvgIpc) is 2.98. The molecule has 1 saturated carbocycles. The maximum absolute atomic E-state index is 9.79. The summed E-state index contributed by atoms with van der Waals surface area (Å²) in [5.74, 6) is 0.742. The Kier molecular flexibility index (Phi) is 4.74. The summed E-state index contributed by atoms with van der Waals surface area (Å²) < 4.78 is 0. The van der Waals surface area contributed by atoms with E-state index >= 15 is 0 Å². The van der Waals surface area contributed by atoms with Crippen molar-refractivity contribution in [3.05, 3.63) is 27.7 Å². The third kappa shape index (κ3) is 2.95. The normalized spacial score (nSPS) is 16.7. The van der Waals surface area contributed by atoms with Crippen molar-refractivity contribution in [3.63, 3.8) is 0 Å². The van der Waals surface area contributed by atoms with Crippen molar-refractivity contribution in [1.82, 2.24) is 0 Å². The Labute approximate surface area is 111 Å². The van der Waals surface area contributed by atoms with E-state index in [-0.39, 0.29) is 29.2 Å². The second-order valence-corrected chi connectivity index (χ2v) is 4.87. The van der Waals surface area contributed by atoms with E-state index in [4.69, 9.17) is 28.9 Å². The lowest BCUT2D eigenvalue weighted by atomic mass is 10.0. The fourth-order valence-corrected chi connectivity index (χ4v) is 2.02. The first-order valence-corrected chi connectivity index (χ1v) is 5.77. The smallest absolute Gasteiger partial charge is 0.140 e. The molecule has 2 rings (SSSR count). The van der Waals surface area contributed by atoms with Crippen molar-refractivity contribution in [1.29, 1.82) is 0 Å². The highest BCUT2D eigenvalue weighted by Gasteiger charge is 2.26. The molecule has 0 aromatic heterocycles. The maximum atomic E-state index is 9.79. The Bertz CT molecular complexity index is 380. The van der Waals surface area contributed by atoms with Crippen LogP contribution >= 0.6 is 35.6 Å². The van der Waals surface area contributed by atoms with Crippen LogP contribution in [0.3, 0.4) is 0 Å². The number of rotatable bonds is 3. The summed E-state index contributed by atoms with van der Waals surface area (Å²) in [6.07, 6.45) is 3.40. The van der Waals surface area contributed by atoms with Crippen LogP contribution in [-0.4, -0.2) is 5.11 Å². The Morgan fingerprint density at radius 1 is 1.38 bits per heavy atom. The average molecular weight is 283 g/mol. The molecule has 0 aliphatic heterocycles. The zero-order valence-corrected chi connectivity index (χ0v) is 10.9. The summed E-state index contributed by atoms with van der Waals surface area (Å²) in [5.41, 5.74) is 6.69. The second-order valence-electron chi connectivity index (χ2n) is 4.08. The van der Waals surface area contributed by atoms with Crippen LogP contribution < -0.4 is 5.73 Å². The van der Waals surface area contributed by atoms with Crippen LogP contribution in [0.1, 0.15) is 30.9 Å². The molecule has 0 radical (unpaired) electrons. The first-order valence-electron chi connectivity index (χ1n) is 5.02. The van der Waals surface area contributed by atoms with Gasteiger partial charge in [-0.1, -0.05) is 42.1 Å². The van der Waals surface area contributed by atoms with Gasteiger partial charge in [0.1, 0.15) is 10.8 Å². The Balaban J connectivity index is 0.00000128. The largest absolute Gasteiger partial charge is 0.506 e. The monoisotopic (exact) mass is 281 g/mol. The van der Waals surface area contributed by atoms with Crippen molar-refractivity contribution >= 4 is 35.6 Å². The van der Waals surface area contributed by atoms with E-state index in [1.807, 2.05) is 0 Å². The molecule has 1 aliphatic rings. The van der Waals surface area contributed by atoms with E-state index in [0.717, 1.165) is 6.42 Å². The Morgan fingerprint density at radius 2 is 2.00 bits per heavy atom. The van der Waals surface area contributed by atoms with Gasteiger partial charge in [-0.3, -0.25) is 0 Å². The molecule has 1 aliphatic carbocycles. The number of phenols is 1. The van der Waals surface area contributed by atoms with Gasteiger partial charge in [0, 0.05) is 11.6 Å². The first-order chi connectivity index (χ1) is 7.09. The fourth-order valence-electron chi connectivity index (χ4n) is 1.69. The third-order valence-electron chi connectivity index (χ3n) is 2.78. The number of benzene rings is 1. The summed E-state index contributed by atoms with van der Waals surface area (Å²) >= 11 is 11.6. The summed E-state index contributed by atoms with van der Waals surface area (Å²) in [7, 11) is 0. The summed E-state index contributed by atoms with van der Waals surface area (Å²) in [4.78, 5) is 0. The number of hydrogen-bond donors (Lipinski definition) is 2. The number of nitrogens with two attached hydrogens (primary N) is 1. The zero-order chi connectivity index (χ0) is 11.0. The van der Waals surface area contributed by atoms with E-state index < -0.39 is 0 Å². The van der Waals surface area contributed by atoms with Gasteiger partial charge in [0.2, 0.25) is 0 Å². The third-order valence-corrected chi connectivity index (χ3v) is 3.58. The molecule has 0 amide bonds. The molecule has 3 N–H and O–H groups in total. The lowest BCUT2D eigenvalue weighted by molar-refractivity contribution is 0.456. The molecule has 0 heterocycles. The zero-order valence-electron chi connectivity index (χ0n) is 8.62. The summed E-state index contributed by atoms with van der Waals surface area (Å²) in [6, 6.07) is 3.27. The molecular formula is C11H14Cl3NO. The fraction of sp³-hybridized carbons (Fsp3) is 0.455. The van der Waals surface area contributed by atoms with Crippen molar-refractivity contribution in [3.8, 4) is 5.75 Å². The minimum Gasteiger partial charge on any atom is -0.506 e. The molecule has 1 atom stereocenters. The van der Waals surface area contributed by atoms with E-state index in [1.165, 1.54) is 12.8 Å². The van der Waals surface area contributed by atoms with Gasteiger partial charge in [-0.15, -0.1) is 12.4 Å². The van der Waals surface area contributed by atoms with E-state index in [2.05, 4.69) is 0 Å². The van der Waals surface area contributed by atoms with Crippen LogP contribution in [0, 0.1) is 5.92 Å². The number of aromatic hydroxyl groups is 1. The van der Waals surface area contributed by atoms with Crippen molar-refractivity contribution in [2.45, 2.75) is 25.3 Å². The van der Waals surface area contributed by atoms with Crippen molar-refractivity contribution in [2.24, 2.45) is 11.7 Å². The van der Waals surface area contributed by atoms with E-state index in [0.29, 0.717) is 16.5 Å². The van der Waals surface area contributed by atoms with Gasteiger partial charge in [0.15, 0.2) is 0 Å². The highest BCUT2D eigenvalue weighted by molar-refractivity contribution is 6.43. The van der Waals surface area contributed by atoms with Crippen LogP contribution in [0.15, 0.2) is 12.1 Å². The number of phenolic OH excluding ortho intramolecular Hbond substituents is 1. The maximum Gasteiger partial charge on any atom is 0.140 e. The molecule has 16 heavy (non-hydrogen) atoms. The van der Waals surface area contributed by atoms with Gasteiger partial charge < -0.3 is 10.8 Å². The predicted molar refractivity (Wildman–Crippen MR) is 69.6 cm³/mol. The predicted octanol–water partition coefficient (Wildman–Crippen LogP) is 3.92. The van der Waals surface area contributed by atoms with Crippen LogP contribution in [0.25, 0.3) is 0 Å². The molecule has 0 saturated heterocycles.